The number of hydrogen-bond acceptors (Lipinski definition) is 6. The second kappa shape index (κ2) is 7.63. The van der Waals surface area contributed by atoms with E-state index in [0.29, 0.717) is 23.8 Å². The molecule has 0 unspecified atom stereocenters. The Labute approximate surface area is 138 Å². The van der Waals surface area contributed by atoms with Gasteiger partial charge in [0.15, 0.2) is 0 Å². The van der Waals surface area contributed by atoms with Crippen molar-refractivity contribution in [3.8, 4) is 0 Å². The van der Waals surface area contributed by atoms with Crippen molar-refractivity contribution in [2.75, 3.05) is 13.7 Å². The molecule has 1 saturated heterocycles. The molecule has 0 bridgehead atoms. The lowest BCUT2D eigenvalue weighted by Gasteiger charge is -2.32. The number of thiazole rings is 1. The van der Waals surface area contributed by atoms with Gasteiger partial charge in [-0.15, -0.1) is 11.3 Å². The number of rotatable bonds is 5. The predicted octanol–water partition coefficient (Wildman–Crippen LogP) is 2.33. The van der Waals surface area contributed by atoms with Gasteiger partial charge in [-0.25, -0.2) is 4.98 Å². The van der Waals surface area contributed by atoms with Crippen LogP contribution < -0.4 is 5.32 Å². The standard InChI is InChI=1S/C16H19N3O3S/c1-21-9-13-15(23-10-18-13)16(20)19-12-3-2-8-22-14(12)11-4-6-17-7-5-11/h4-7,10,12,14H,2-3,8-9H2,1H3,(H,19,20)/t12-,14+/m0/s1. The van der Waals surface area contributed by atoms with Crippen molar-refractivity contribution in [1.29, 1.82) is 0 Å². The van der Waals surface area contributed by atoms with E-state index in [1.165, 1.54) is 11.3 Å². The highest BCUT2D eigenvalue weighted by Gasteiger charge is 2.30. The molecule has 122 valence electrons. The fraction of sp³-hybridized carbons (Fsp3) is 0.438. The van der Waals surface area contributed by atoms with Crippen LogP contribution in [0.15, 0.2) is 30.0 Å². The van der Waals surface area contributed by atoms with E-state index in [9.17, 15) is 4.79 Å². The van der Waals surface area contributed by atoms with E-state index in [0.717, 1.165) is 18.4 Å². The summed E-state index contributed by atoms with van der Waals surface area (Å²) in [6.45, 7) is 1.04. The molecule has 1 aliphatic rings. The van der Waals surface area contributed by atoms with Crippen molar-refractivity contribution in [3.05, 3.63) is 46.2 Å². The Morgan fingerprint density at radius 1 is 1.48 bits per heavy atom. The lowest BCUT2D eigenvalue weighted by molar-refractivity contribution is -0.00948. The van der Waals surface area contributed by atoms with E-state index in [4.69, 9.17) is 9.47 Å². The Hall–Kier alpha value is -1.83. The topological polar surface area (TPSA) is 73.3 Å². The molecular weight excluding hydrogens is 314 g/mol. The summed E-state index contributed by atoms with van der Waals surface area (Å²) >= 11 is 1.33. The zero-order valence-electron chi connectivity index (χ0n) is 12.9. The minimum absolute atomic E-state index is 0.0591. The average Bonchev–Trinajstić information content (AvgIpc) is 3.05. The number of amides is 1. The molecule has 1 aliphatic heterocycles. The lowest BCUT2D eigenvalue weighted by Crippen LogP contribution is -2.42. The van der Waals surface area contributed by atoms with E-state index in [1.54, 1.807) is 25.0 Å². The van der Waals surface area contributed by atoms with Gasteiger partial charge in [0, 0.05) is 26.1 Å². The maximum atomic E-state index is 12.6. The van der Waals surface area contributed by atoms with E-state index in [-0.39, 0.29) is 18.1 Å². The summed E-state index contributed by atoms with van der Waals surface area (Å²) in [5.41, 5.74) is 3.37. The maximum Gasteiger partial charge on any atom is 0.263 e. The molecule has 0 saturated carbocycles. The van der Waals surface area contributed by atoms with Gasteiger partial charge in [-0.05, 0) is 30.5 Å². The molecule has 23 heavy (non-hydrogen) atoms. The molecule has 2 aromatic heterocycles. The zero-order valence-corrected chi connectivity index (χ0v) is 13.7. The summed E-state index contributed by atoms with van der Waals surface area (Å²) in [7, 11) is 1.59. The highest BCUT2D eigenvalue weighted by molar-refractivity contribution is 7.11. The molecule has 0 aliphatic carbocycles. The molecule has 1 fully saturated rings. The maximum absolute atomic E-state index is 12.6. The summed E-state index contributed by atoms with van der Waals surface area (Å²) in [4.78, 5) is 21.4. The van der Waals surface area contributed by atoms with E-state index >= 15 is 0 Å². The molecule has 7 heteroatoms. The highest BCUT2D eigenvalue weighted by Crippen LogP contribution is 2.28. The third kappa shape index (κ3) is 3.74. The van der Waals surface area contributed by atoms with Crippen LogP contribution in [0.2, 0.25) is 0 Å². The highest BCUT2D eigenvalue weighted by atomic mass is 32.1. The zero-order chi connectivity index (χ0) is 16.1. The fourth-order valence-corrected chi connectivity index (χ4v) is 3.44. The van der Waals surface area contributed by atoms with Gasteiger partial charge in [0.2, 0.25) is 0 Å². The summed E-state index contributed by atoms with van der Waals surface area (Å²) in [5, 5.41) is 3.10. The average molecular weight is 333 g/mol. The van der Waals surface area contributed by atoms with Crippen molar-refractivity contribution in [3.63, 3.8) is 0 Å². The number of carbonyl (C=O) groups is 1. The molecule has 0 spiro atoms. The molecule has 0 aromatic carbocycles. The van der Waals surface area contributed by atoms with Crippen LogP contribution in [-0.4, -0.2) is 35.6 Å². The Morgan fingerprint density at radius 3 is 3.09 bits per heavy atom. The molecule has 3 heterocycles. The van der Waals surface area contributed by atoms with Crippen LogP contribution in [0.3, 0.4) is 0 Å². The Bertz CT molecular complexity index is 647. The summed E-state index contributed by atoms with van der Waals surface area (Å²) in [5.74, 6) is -0.117. The number of aromatic nitrogens is 2. The first-order valence-corrected chi connectivity index (χ1v) is 8.41. The Kier molecular flexibility index (Phi) is 5.32. The molecule has 1 N–H and O–H groups in total. The van der Waals surface area contributed by atoms with Crippen LogP contribution in [-0.2, 0) is 16.1 Å². The Balaban J connectivity index is 1.74. The predicted molar refractivity (Wildman–Crippen MR) is 86.2 cm³/mol. The van der Waals surface area contributed by atoms with Crippen molar-refractivity contribution in [2.45, 2.75) is 31.6 Å². The first kappa shape index (κ1) is 16.0. The van der Waals surface area contributed by atoms with E-state index < -0.39 is 0 Å². The number of methoxy groups -OCH3 is 1. The second-order valence-electron chi connectivity index (χ2n) is 5.36. The molecule has 0 radical (unpaired) electrons. The molecule has 3 rings (SSSR count). The SMILES string of the molecule is COCc1ncsc1C(=O)N[C@H]1CCCO[C@@H]1c1ccncc1. The number of ether oxygens (including phenoxy) is 2. The van der Waals surface area contributed by atoms with Gasteiger partial charge in [-0.1, -0.05) is 0 Å². The molecule has 2 atom stereocenters. The van der Waals surface area contributed by atoms with Gasteiger partial charge in [0.25, 0.3) is 5.91 Å². The second-order valence-corrected chi connectivity index (χ2v) is 6.21. The van der Waals surface area contributed by atoms with Crippen LogP contribution in [0, 0.1) is 0 Å². The number of nitrogens with zero attached hydrogens (tertiary/aromatic N) is 2. The van der Waals surface area contributed by atoms with Gasteiger partial charge in [-0.3, -0.25) is 9.78 Å². The molecule has 6 nitrogen and oxygen atoms in total. The van der Waals surface area contributed by atoms with Crippen LogP contribution in [0.25, 0.3) is 0 Å². The van der Waals surface area contributed by atoms with Gasteiger partial charge < -0.3 is 14.8 Å². The van der Waals surface area contributed by atoms with E-state index in [2.05, 4.69) is 15.3 Å². The summed E-state index contributed by atoms with van der Waals surface area (Å²) < 4.78 is 11.0. The molecular formula is C16H19N3O3S. The van der Waals surface area contributed by atoms with Crippen LogP contribution in [0.1, 0.15) is 39.9 Å². The van der Waals surface area contributed by atoms with Crippen LogP contribution in [0.5, 0.6) is 0 Å². The van der Waals surface area contributed by atoms with E-state index in [1.807, 2.05) is 12.1 Å². The first-order valence-electron chi connectivity index (χ1n) is 7.53. The number of pyridine rings is 1. The minimum Gasteiger partial charge on any atom is -0.378 e. The third-order valence-electron chi connectivity index (χ3n) is 3.80. The molecule has 1 amide bonds. The first-order chi connectivity index (χ1) is 11.3. The Morgan fingerprint density at radius 2 is 2.30 bits per heavy atom. The monoisotopic (exact) mass is 333 g/mol. The smallest absolute Gasteiger partial charge is 0.263 e. The number of nitrogens with one attached hydrogen (secondary N) is 1. The number of carbonyl (C=O) groups excluding carboxylic acids is 1. The summed E-state index contributed by atoms with van der Waals surface area (Å²) in [6.07, 6.45) is 5.16. The largest absolute Gasteiger partial charge is 0.378 e. The van der Waals surface area contributed by atoms with Crippen molar-refractivity contribution in [2.24, 2.45) is 0 Å². The lowest BCUT2D eigenvalue weighted by atomic mass is 9.96. The van der Waals surface area contributed by atoms with Gasteiger partial charge in [0.05, 0.1) is 23.9 Å². The quantitative estimate of drug-likeness (QED) is 0.909. The van der Waals surface area contributed by atoms with Crippen molar-refractivity contribution < 1.29 is 14.3 Å². The van der Waals surface area contributed by atoms with Gasteiger partial charge in [0.1, 0.15) is 11.0 Å². The fourth-order valence-electron chi connectivity index (χ4n) is 2.74. The number of hydrogen-bond donors (Lipinski definition) is 1. The van der Waals surface area contributed by atoms with Crippen LogP contribution >= 0.6 is 11.3 Å². The third-order valence-corrected chi connectivity index (χ3v) is 4.67. The summed E-state index contributed by atoms with van der Waals surface area (Å²) in [6, 6.07) is 3.80. The van der Waals surface area contributed by atoms with Gasteiger partial charge in [-0.2, -0.15) is 0 Å². The normalized spacial score (nSPS) is 21.1. The van der Waals surface area contributed by atoms with Crippen molar-refractivity contribution >= 4 is 17.2 Å². The van der Waals surface area contributed by atoms with Crippen molar-refractivity contribution in [1.82, 2.24) is 15.3 Å². The van der Waals surface area contributed by atoms with Crippen LogP contribution in [0.4, 0.5) is 0 Å². The minimum atomic E-state index is -0.144. The molecule has 2 aromatic rings. The van der Waals surface area contributed by atoms with Gasteiger partial charge >= 0.3 is 0 Å².